The predicted molar refractivity (Wildman–Crippen MR) is 89.6 cm³/mol. The van der Waals surface area contributed by atoms with Crippen LogP contribution < -0.4 is 10.6 Å². The first-order valence-electron chi connectivity index (χ1n) is 7.81. The minimum Gasteiger partial charge on any atom is -0.387 e. The van der Waals surface area contributed by atoms with Crippen molar-refractivity contribution in [3.05, 3.63) is 23.3 Å². The summed E-state index contributed by atoms with van der Waals surface area (Å²) in [5.41, 5.74) is 1.56. The first-order chi connectivity index (χ1) is 10.7. The molecule has 3 unspecified atom stereocenters. The number of nitrogens with zero attached hydrogens (tertiary/aromatic N) is 2. The van der Waals surface area contributed by atoms with E-state index in [1.54, 1.807) is 17.5 Å². The van der Waals surface area contributed by atoms with Gasteiger partial charge in [-0.15, -0.1) is 11.3 Å². The highest BCUT2D eigenvalue weighted by Crippen LogP contribution is 2.30. The highest BCUT2D eigenvalue weighted by atomic mass is 32.1. The molecular formula is C16H20N4OS. The van der Waals surface area contributed by atoms with E-state index in [9.17, 15) is 4.79 Å². The minimum absolute atomic E-state index is 0.0531. The van der Waals surface area contributed by atoms with Gasteiger partial charge < -0.3 is 15.5 Å². The largest absolute Gasteiger partial charge is 0.387 e. The molecule has 2 fully saturated rings. The van der Waals surface area contributed by atoms with Crippen molar-refractivity contribution in [3.8, 4) is 0 Å². The van der Waals surface area contributed by atoms with Gasteiger partial charge in [-0.05, 0) is 31.4 Å². The van der Waals surface area contributed by atoms with E-state index in [4.69, 9.17) is 0 Å². The van der Waals surface area contributed by atoms with Gasteiger partial charge in [-0.1, -0.05) is 0 Å². The summed E-state index contributed by atoms with van der Waals surface area (Å²) < 4.78 is 1.10. The Morgan fingerprint density at radius 1 is 1.45 bits per heavy atom. The van der Waals surface area contributed by atoms with E-state index in [-0.39, 0.29) is 11.9 Å². The second kappa shape index (κ2) is 5.52. The Bertz CT molecular complexity index is 701. The molecule has 2 N–H and O–H groups in total. The molecule has 2 aromatic rings. The van der Waals surface area contributed by atoms with Crippen molar-refractivity contribution in [2.24, 2.45) is 5.92 Å². The molecule has 4 heterocycles. The lowest BCUT2D eigenvalue weighted by Gasteiger charge is -2.30. The van der Waals surface area contributed by atoms with Crippen molar-refractivity contribution in [1.82, 2.24) is 15.2 Å². The molecule has 0 saturated carbocycles. The van der Waals surface area contributed by atoms with Gasteiger partial charge in [0.2, 0.25) is 0 Å². The lowest BCUT2D eigenvalue weighted by atomic mass is 9.97. The minimum atomic E-state index is -0.0531. The summed E-state index contributed by atoms with van der Waals surface area (Å²) in [5.74, 6) is 0.699. The predicted octanol–water partition coefficient (Wildman–Crippen LogP) is 2.16. The maximum Gasteiger partial charge on any atom is 0.270 e. The van der Waals surface area contributed by atoms with Crippen LogP contribution in [0.2, 0.25) is 0 Å². The van der Waals surface area contributed by atoms with Gasteiger partial charge in [0.1, 0.15) is 5.69 Å². The van der Waals surface area contributed by atoms with Gasteiger partial charge in [-0.25, -0.2) is 4.98 Å². The molecule has 0 radical (unpaired) electrons. The molecule has 2 aliphatic rings. The van der Waals surface area contributed by atoms with Crippen LogP contribution in [-0.4, -0.2) is 48.5 Å². The number of rotatable bonds is 3. The van der Waals surface area contributed by atoms with E-state index >= 15 is 0 Å². The maximum absolute atomic E-state index is 12.5. The summed E-state index contributed by atoms with van der Waals surface area (Å²) in [6, 6.07) is 2.16. The van der Waals surface area contributed by atoms with E-state index in [0.29, 0.717) is 5.69 Å². The lowest BCUT2D eigenvalue weighted by molar-refractivity contribution is 0.0904. The van der Waals surface area contributed by atoms with E-state index < -0.39 is 0 Å². The third-order valence-electron chi connectivity index (χ3n) is 4.76. The van der Waals surface area contributed by atoms with Crippen LogP contribution in [0.5, 0.6) is 0 Å². The van der Waals surface area contributed by atoms with Crippen molar-refractivity contribution in [2.45, 2.75) is 18.9 Å². The Hall–Kier alpha value is -1.66. The second-order valence-electron chi connectivity index (χ2n) is 6.29. The zero-order valence-electron chi connectivity index (χ0n) is 12.6. The summed E-state index contributed by atoms with van der Waals surface area (Å²) in [6.45, 7) is 3.36. The SMILES string of the molecule is CNc1csc2cnc(C(=O)NC3CC4CCN(C4)C3)cc12. The third-order valence-corrected chi connectivity index (χ3v) is 5.70. The van der Waals surface area contributed by atoms with Crippen molar-refractivity contribution >= 4 is 33.0 Å². The fourth-order valence-corrected chi connectivity index (χ4v) is 4.57. The average Bonchev–Trinajstić information content (AvgIpc) is 3.09. The molecule has 1 amide bonds. The molecule has 2 bridgehead atoms. The molecule has 0 aliphatic carbocycles. The number of carbonyl (C=O) groups excluding carboxylic acids is 1. The molecule has 2 saturated heterocycles. The Morgan fingerprint density at radius 2 is 2.36 bits per heavy atom. The lowest BCUT2D eigenvalue weighted by Crippen LogP contribution is -2.47. The first-order valence-corrected chi connectivity index (χ1v) is 8.69. The number of carbonyl (C=O) groups is 1. The van der Waals surface area contributed by atoms with Crippen LogP contribution >= 0.6 is 11.3 Å². The van der Waals surface area contributed by atoms with Crippen LogP contribution in [0.3, 0.4) is 0 Å². The molecule has 2 aromatic heterocycles. The molecule has 22 heavy (non-hydrogen) atoms. The van der Waals surface area contributed by atoms with Gasteiger partial charge in [0.05, 0.1) is 10.4 Å². The fraction of sp³-hybridized carbons (Fsp3) is 0.500. The summed E-state index contributed by atoms with van der Waals surface area (Å²) in [5, 5.41) is 9.46. The number of fused-ring (bicyclic) bond motifs is 3. The van der Waals surface area contributed by atoms with Gasteiger partial charge >= 0.3 is 0 Å². The van der Waals surface area contributed by atoms with Crippen LogP contribution in [-0.2, 0) is 0 Å². The number of piperidine rings is 1. The molecule has 0 spiro atoms. The van der Waals surface area contributed by atoms with Gasteiger partial charge in [0, 0.05) is 43.1 Å². The average molecular weight is 316 g/mol. The molecule has 4 rings (SSSR count). The quantitative estimate of drug-likeness (QED) is 0.911. The monoisotopic (exact) mass is 316 g/mol. The molecular weight excluding hydrogens is 296 g/mol. The topological polar surface area (TPSA) is 57.3 Å². The summed E-state index contributed by atoms with van der Waals surface area (Å²) in [7, 11) is 1.90. The summed E-state index contributed by atoms with van der Waals surface area (Å²) >= 11 is 1.64. The van der Waals surface area contributed by atoms with Gasteiger partial charge in [-0.2, -0.15) is 0 Å². The third kappa shape index (κ3) is 2.46. The number of thiophene rings is 1. The standard InChI is InChI=1S/C16H20N4OS/c1-17-14-9-22-15-6-18-13(5-12(14)15)16(21)19-11-4-10-2-3-20(7-10)8-11/h5-6,9-11,17H,2-4,7-8H2,1H3,(H,19,21). The van der Waals surface area contributed by atoms with Crippen molar-refractivity contribution in [1.29, 1.82) is 0 Å². The number of anilines is 1. The van der Waals surface area contributed by atoms with Crippen molar-refractivity contribution in [2.75, 3.05) is 32.0 Å². The molecule has 116 valence electrons. The normalized spacial score (nSPS) is 27.0. The summed E-state index contributed by atoms with van der Waals surface area (Å²) in [4.78, 5) is 19.3. The van der Waals surface area contributed by atoms with Crippen LogP contribution in [0.1, 0.15) is 23.3 Å². The smallest absolute Gasteiger partial charge is 0.270 e. The number of hydrogen-bond donors (Lipinski definition) is 2. The second-order valence-corrected chi connectivity index (χ2v) is 7.20. The van der Waals surface area contributed by atoms with E-state index in [0.717, 1.165) is 34.7 Å². The van der Waals surface area contributed by atoms with Crippen molar-refractivity contribution in [3.63, 3.8) is 0 Å². The number of pyridine rings is 1. The maximum atomic E-state index is 12.5. The van der Waals surface area contributed by atoms with E-state index in [2.05, 4.69) is 25.9 Å². The highest BCUT2D eigenvalue weighted by molar-refractivity contribution is 7.17. The Labute approximate surface area is 133 Å². The zero-order chi connectivity index (χ0) is 15.1. The van der Waals surface area contributed by atoms with Crippen molar-refractivity contribution < 1.29 is 4.79 Å². The van der Waals surface area contributed by atoms with Gasteiger partial charge in [0.25, 0.3) is 5.91 Å². The van der Waals surface area contributed by atoms with Crippen LogP contribution in [0.4, 0.5) is 5.69 Å². The number of hydrogen-bond acceptors (Lipinski definition) is 5. The Balaban J connectivity index is 1.52. The number of aromatic nitrogens is 1. The van der Waals surface area contributed by atoms with Gasteiger partial charge in [0.15, 0.2) is 0 Å². The first kappa shape index (κ1) is 14.0. The fourth-order valence-electron chi connectivity index (χ4n) is 3.67. The number of nitrogens with one attached hydrogen (secondary N) is 2. The van der Waals surface area contributed by atoms with E-state index in [1.807, 2.05) is 13.1 Å². The van der Waals surface area contributed by atoms with Crippen LogP contribution in [0, 0.1) is 5.92 Å². The Morgan fingerprint density at radius 3 is 3.18 bits per heavy atom. The number of amides is 1. The molecule has 2 aliphatic heterocycles. The molecule has 5 nitrogen and oxygen atoms in total. The molecule has 3 atom stereocenters. The highest BCUT2D eigenvalue weighted by Gasteiger charge is 2.33. The van der Waals surface area contributed by atoms with E-state index in [1.165, 1.54) is 19.5 Å². The molecule has 0 aromatic carbocycles. The zero-order valence-corrected chi connectivity index (χ0v) is 13.4. The molecule has 6 heteroatoms. The summed E-state index contributed by atoms with van der Waals surface area (Å²) in [6.07, 6.45) is 4.17. The Kier molecular flexibility index (Phi) is 3.50. The van der Waals surface area contributed by atoms with Crippen LogP contribution in [0.25, 0.3) is 10.1 Å². The van der Waals surface area contributed by atoms with Crippen LogP contribution in [0.15, 0.2) is 17.6 Å². The van der Waals surface area contributed by atoms with Gasteiger partial charge in [-0.3, -0.25) is 4.79 Å².